The van der Waals surface area contributed by atoms with Crippen LogP contribution in [0.3, 0.4) is 0 Å². The molecule has 0 radical (unpaired) electrons. The lowest BCUT2D eigenvalue weighted by molar-refractivity contribution is 0.353. The van der Waals surface area contributed by atoms with Crippen molar-refractivity contribution in [1.29, 1.82) is 0 Å². The molecule has 1 aromatic rings. The van der Waals surface area contributed by atoms with Crippen molar-refractivity contribution in [2.24, 2.45) is 5.92 Å². The summed E-state index contributed by atoms with van der Waals surface area (Å²) in [6.45, 7) is 8.68. The van der Waals surface area contributed by atoms with Gasteiger partial charge in [0.1, 0.15) is 11.5 Å². The van der Waals surface area contributed by atoms with Crippen molar-refractivity contribution in [1.82, 2.24) is 5.32 Å². The highest BCUT2D eigenvalue weighted by atomic mass is 16.5. The van der Waals surface area contributed by atoms with E-state index in [-0.39, 0.29) is 11.8 Å². The maximum absolute atomic E-state index is 9.98. The monoisotopic (exact) mass is 251 g/mol. The van der Waals surface area contributed by atoms with E-state index in [0.717, 1.165) is 12.0 Å². The summed E-state index contributed by atoms with van der Waals surface area (Å²) < 4.78 is 5.09. The van der Waals surface area contributed by atoms with Gasteiger partial charge in [0.25, 0.3) is 0 Å². The van der Waals surface area contributed by atoms with Crippen LogP contribution in [0.1, 0.15) is 45.7 Å². The summed E-state index contributed by atoms with van der Waals surface area (Å²) in [5.74, 6) is 1.58. The molecule has 3 heteroatoms. The molecule has 0 saturated heterocycles. The van der Waals surface area contributed by atoms with Crippen LogP contribution < -0.4 is 10.1 Å². The lowest BCUT2D eigenvalue weighted by Gasteiger charge is -2.25. The molecule has 3 unspecified atom stereocenters. The SMILES string of the molecule is CCC(C)C(C)NC(C)c1ccc(OC)cc1O. The second-order valence-electron chi connectivity index (χ2n) is 4.99. The van der Waals surface area contributed by atoms with Crippen molar-refractivity contribution in [3.63, 3.8) is 0 Å². The molecule has 0 heterocycles. The molecule has 2 N–H and O–H groups in total. The van der Waals surface area contributed by atoms with Crippen LogP contribution >= 0.6 is 0 Å². The van der Waals surface area contributed by atoms with E-state index in [4.69, 9.17) is 4.74 Å². The second kappa shape index (κ2) is 6.64. The molecule has 18 heavy (non-hydrogen) atoms. The van der Waals surface area contributed by atoms with E-state index >= 15 is 0 Å². The van der Waals surface area contributed by atoms with E-state index in [1.807, 2.05) is 12.1 Å². The minimum Gasteiger partial charge on any atom is -0.507 e. The average molecular weight is 251 g/mol. The molecule has 0 saturated carbocycles. The molecule has 0 aromatic heterocycles. The average Bonchev–Trinajstić information content (AvgIpc) is 2.37. The number of hydrogen-bond acceptors (Lipinski definition) is 3. The van der Waals surface area contributed by atoms with Crippen molar-refractivity contribution in [2.75, 3.05) is 7.11 Å². The van der Waals surface area contributed by atoms with E-state index in [0.29, 0.717) is 17.7 Å². The standard InChI is InChI=1S/C15H25NO2/c1-6-10(2)11(3)16-12(4)14-8-7-13(18-5)9-15(14)17/h7-12,16-17H,6H2,1-5H3. The molecular weight excluding hydrogens is 226 g/mol. The largest absolute Gasteiger partial charge is 0.507 e. The summed E-state index contributed by atoms with van der Waals surface area (Å²) in [6, 6.07) is 5.99. The number of benzene rings is 1. The van der Waals surface area contributed by atoms with Crippen LogP contribution in [0.2, 0.25) is 0 Å². The smallest absolute Gasteiger partial charge is 0.124 e. The Morgan fingerprint density at radius 2 is 1.94 bits per heavy atom. The first-order valence-electron chi connectivity index (χ1n) is 6.62. The van der Waals surface area contributed by atoms with Crippen molar-refractivity contribution in [3.8, 4) is 11.5 Å². The van der Waals surface area contributed by atoms with Gasteiger partial charge in [0.15, 0.2) is 0 Å². The van der Waals surface area contributed by atoms with Gasteiger partial charge >= 0.3 is 0 Å². The maximum Gasteiger partial charge on any atom is 0.124 e. The van der Waals surface area contributed by atoms with Gasteiger partial charge < -0.3 is 15.2 Å². The van der Waals surface area contributed by atoms with E-state index < -0.39 is 0 Å². The lowest BCUT2D eigenvalue weighted by atomic mass is 9.98. The number of rotatable bonds is 6. The zero-order chi connectivity index (χ0) is 13.7. The molecule has 0 bridgehead atoms. The van der Waals surface area contributed by atoms with Crippen LogP contribution in [0.4, 0.5) is 0 Å². The molecule has 0 fully saturated rings. The molecule has 0 amide bonds. The Labute approximate surface area is 110 Å². The molecule has 102 valence electrons. The lowest BCUT2D eigenvalue weighted by Crippen LogP contribution is -2.33. The van der Waals surface area contributed by atoms with Crippen molar-refractivity contribution in [3.05, 3.63) is 23.8 Å². The number of ether oxygens (including phenoxy) is 1. The normalized spacial score (nSPS) is 16.1. The van der Waals surface area contributed by atoms with Gasteiger partial charge in [-0.2, -0.15) is 0 Å². The van der Waals surface area contributed by atoms with Gasteiger partial charge in [-0.15, -0.1) is 0 Å². The predicted octanol–water partition coefficient (Wildman–Crippen LogP) is 3.49. The minimum absolute atomic E-state index is 0.125. The van der Waals surface area contributed by atoms with Gasteiger partial charge in [-0.25, -0.2) is 0 Å². The van der Waals surface area contributed by atoms with Crippen LogP contribution in [-0.4, -0.2) is 18.3 Å². The molecule has 0 aliphatic rings. The number of phenolic OH excluding ortho intramolecular Hbond substituents is 1. The zero-order valence-electron chi connectivity index (χ0n) is 12.0. The van der Waals surface area contributed by atoms with Gasteiger partial charge in [0.2, 0.25) is 0 Å². The summed E-state index contributed by atoms with van der Waals surface area (Å²) >= 11 is 0. The summed E-state index contributed by atoms with van der Waals surface area (Å²) in [5.41, 5.74) is 0.908. The van der Waals surface area contributed by atoms with Crippen molar-refractivity contribution < 1.29 is 9.84 Å². The Morgan fingerprint density at radius 1 is 1.28 bits per heavy atom. The van der Waals surface area contributed by atoms with Crippen molar-refractivity contribution in [2.45, 2.75) is 46.2 Å². The molecule has 1 aromatic carbocycles. The van der Waals surface area contributed by atoms with Crippen LogP contribution in [0, 0.1) is 5.92 Å². The predicted molar refractivity (Wildman–Crippen MR) is 75.1 cm³/mol. The third-order valence-corrected chi connectivity index (χ3v) is 3.71. The van der Waals surface area contributed by atoms with E-state index in [9.17, 15) is 5.11 Å². The fourth-order valence-corrected chi connectivity index (χ4v) is 2.02. The fraction of sp³-hybridized carbons (Fsp3) is 0.600. The molecule has 0 aliphatic heterocycles. The fourth-order valence-electron chi connectivity index (χ4n) is 2.02. The van der Waals surface area contributed by atoms with Gasteiger partial charge in [0, 0.05) is 23.7 Å². The van der Waals surface area contributed by atoms with Gasteiger partial charge in [-0.3, -0.25) is 0 Å². The molecule has 1 rings (SSSR count). The third-order valence-electron chi connectivity index (χ3n) is 3.71. The van der Waals surface area contributed by atoms with Crippen LogP contribution in [-0.2, 0) is 0 Å². The Hall–Kier alpha value is -1.22. The Balaban J connectivity index is 2.75. The second-order valence-corrected chi connectivity index (χ2v) is 4.99. The van der Waals surface area contributed by atoms with Gasteiger partial charge in [-0.1, -0.05) is 26.3 Å². The highest BCUT2D eigenvalue weighted by Gasteiger charge is 2.16. The summed E-state index contributed by atoms with van der Waals surface area (Å²) in [4.78, 5) is 0. The van der Waals surface area contributed by atoms with Crippen LogP contribution in [0.15, 0.2) is 18.2 Å². The Morgan fingerprint density at radius 3 is 2.44 bits per heavy atom. The van der Waals surface area contributed by atoms with Crippen LogP contribution in [0.5, 0.6) is 11.5 Å². The summed E-state index contributed by atoms with van der Waals surface area (Å²) in [6.07, 6.45) is 1.15. The number of aromatic hydroxyl groups is 1. The highest BCUT2D eigenvalue weighted by molar-refractivity contribution is 5.41. The summed E-state index contributed by atoms with van der Waals surface area (Å²) in [7, 11) is 1.60. The first-order valence-corrected chi connectivity index (χ1v) is 6.62. The Kier molecular flexibility index (Phi) is 5.48. The first-order chi connectivity index (χ1) is 8.49. The molecule has 0 spiro atoms. The molecular formula is C15H25NO2. The highest BCUT2D eigenvalue weighted by Crippen LogP contribution is 2.28. The maximum atomic E-state index is 9.98. The number of phenols is 1. The van der Waals surface area contributed by atoms with E-state index in [1.165, 1.54) is 0 Å². The molecule has 3 nitrogen and oxygen atoms in total. The van der Waals surface area contributed by atoms with Crippen molar-refractivity contribution >= 4 is 0 Å². The molecule has 3 atom stereocenters. The zero-order valence-corrected chi connectivity index (χ0v) is 12.0. The topological polar surface area (TPSA) is 41.5 Å². The number of nitrogens with one attached hydrogen (secondary N) is 1. The van der Waals surface area contributed by atoms with E-state index in [1.54, 1.807) is 13.2 Å². The van der Waals surface area contributed by atoms with E-state index in [2.05, 4.69) is 33.0 Å². The van der Waals surface area contributed by atoms with Crippen LogP contribution in [0.25, 0.3) is 0 Å². The minimum atomic E-state index is 0.125. The van der Waals surface area contributed by atoms with Gasteiger partial charge in [0.05, 0.1) is 7.11 Å². The Bertz CT molecular complexity index is 379. The number of methoxy groups -OCH3 is 1. The first kappa shape index (κ1) is 14.8. The molecule has 0 aliphatic carbocycles. The summed E-state index contributed by atoms with van der Waals surface area (Å²) in [5, 5.41) is 13.5. The van der Waals surface area contributed by atoms with Gasteiger partial charge in [-0.05, 0) is 25.8 Å². The quantitative estimate of drug-likeness (QED) is 0.813. The number of hydrogen-bond donors (Lipinski definition) is 2. The third kappa shape index (κ3) is 3.64.